The van der Waals surface area contributed by atoms with E-state index in [0.717, 1.165) is 5.56 Å². The maximum atomic E-state index is 13.0. The molecule has 3 aromatic carbocycles. The number of carbonyl (C=O) groups excluding carboxylic acids is 2. The third-order valence-corrected chi connectivity index (χ3v) is 5.88. The number of nitrogens with zero attached hydrogens (tertiary/aromatic N) is 3. The van der Waals surface area contributed by atoms with Crippen molar-refractivity contribution in [1.29, 1.82) is 0 Å². The highest BCUT2D eigenvalue weighted by atomic mass is 16.5. The van der Waals surface area contributed by atoms with E-state index in [-0.39, 0.29) is 5.69 Å². The number of nitrogens with one attached hydrogen (secondary N) is 2. The molecule has 1 aromatic heterocycles. The van der Waals surface area contributed by atoms with Gasteiger partial charge in [0, 0.05) is 7.05 Å². The third kappa shape index (κ3) is 6.42. The number of hydrazone groups is 1. The Labute approximate surface area is 225 Å². The summed E-state index contributed by atoms with van der Waals surface area (Å²) in [6, 6.07) is 24.0. The molecule has 0 aliphatic heterocycles. The van der Waals surface area contributed by atoms with E-state index >= 15 is 0 Å². The molecule has 4 aromatic rings. The Morgan fingerprint density at radius 2 is 1.62 bits per heavy atom. The van der Waals surface area contributed by atoms with Crippen molar-refractivity contribution in [3.05, 3.63) is 106 Å². The molecule has 0 bridgehead atoms. The fraction of sp³-hybridized carbons (Fsp3) is 0.172. The van der Waals surface area contributed by atoms with Crippen LogP contribution in [0, 0.1) is 6.92 Å². The normalized spacial score (nSPS) is 10.8. The van der Waals surface area contributed by atoms with E-state index in [1.807, 2.05) is 43.3 Å². The lowest BCUT2D eigenvalue weighted by Crippen LogP contribution is -2.34. The molecule has 2 amide bonds. The van der Waals surface area contributed by atoms with Crippen molar-refractivity contribution < 1.29 is 19.1 Å². The number of aromatic nitrogens is 2. The van der Waals surface area contributed by atoms with Crippen molar-refractivity contribution in [2.24, 2.45) is 12.1 Å². The second-order valence-electron chi connectivity index (χ2n) is 8.50. The van der Waals surface area contributed by atoms with E-state index in [1.165, 1.54) is 10.9 Å². The summed E-state index contributed by atoms with van der Waals surface area (Å²) in [5.74, 6) is -0.942. The molecule has 0 saturated carbocycles. The van der Waals surface area contributed by atoms with Crippen molar-refractivity contribution in [3.63, 3.8) is 0 Å². The molecule has 0 aliphatic rings. The zero-order valence-corrected chi connectivity index (χ0v) is 21.9. The van der Waals surface area contributed by atoms with Gasteiger partial charge < -0.3 is 14.8 Å². The summed E-state index contributed by atoms with van der Waals surface area (Å²) in [5.41, 5.74) is 4.51. The average Bonchev–Trinajstić information content (AvgIpc) is 3.16. The molecule has 1 heterocycles. The lowest BCUT2D eigenvalue weighted by Gasteiger charge is -2.12. The number of amides is 2. The summed E-state index contributed by atoms with van der Waals surface area (Å²) in [7, 11) is 1.69. The van der Waals surface area contributed by atoms with Crippen LogP contribution in [0.2, 0.25) is 0 Å². The van der Waals surface area contributed by atoms with Crippen LogP contribution in [-0.4, -0.2) is 34.0 Å². The lowest BCUT2D eigenvalue weighted by atomic mass is 10.2. The van der Waals surface area contributed by atoms with Gasteiger partial charge in [-0.05, 0) is 55.3 Å². The van der Waals surface area contributed by atoms with Crippen LogP contribution in [-0.2, 0) is 23.2 Å². The van der Waals surface area contributed by atoms with E-state index in [9.17, 15) is 14.4 Å². The Morgan fingerprint density at radius 1 is 0.923 bits per heavy atom. The molecule has 0 atom stereocenters. The minimum atomic E-state index is -1.02. The summed E-state index contributed by atoms with van der Waals surface area (Å²) in [6.45, 7) is 4.36. The minimum absolute atomic E-state index is 0.0120. The van der Waals surface area contributed by atoms with Gasteiger partial charge in [0.15, 0.2) is 11.5 Å². The van der Waals surface area contributed by atoms with Crippen LogP contribution in [0.5, 0.6) is 11.5 Å². The number of para-hydroxylation sites is 1. The van der Waals surface area contributed by atoms with Crippen LogP contribution in [0.4, 0.5) is 5.69 Å². The van der Waals surface area contributed by atoms with E-state index in [4.69, 9.17) is 9.47 Å². The molecule has 10 heteroatoms. The quantitative estimate of drug-likeness (QED) is 0.196. The number of ether oxygens (including phenoxy) is 2. The Hall–Kier alpha value is -5.12. The van der Waals surface area contributed by atoms with E-state index in [2.05, 4.69) is 15.8 Å². The predicted molar refractivity (Wildman–Crippen MR) is 148 cm³/mol. The van der Waals surface area contributed by atoms with E-state index < -0.39 is 17.4 Å². The van der Waals surface area contributed by atoms with Gasteiger partial charge in [0.05, 0.1) is 24.2 Å². The highest BCUT2D eigenvalue weighted by Crippen LogP contribution is 2.29. The largest absolute Gasteiger partial charge is 0.490 e. The van der Waals surface area contributed by atoms with Gasteiger partial charge in [-0.2, -0.15) is 5.10 Å². The second kappa shape index (κ2) is 12.4. The average molecular weight is 528 g/mol. The third-order valence-electron chi connectivity index (χ3n) is 5.88. The maximum Gasteiger partial charge on any atom is 0.329 e. The van der Waals surface area contributed by atoms with Crippen LogP contribution >= 0.6 is 0 Å². The van der Waals surface area contributed by atoms with Gasteiger partial charge in [0.2, 0.25) is 0 Å². The molecular formula is C29H29N5O5. The van der Waals surface area contributed by atoms with Crippen LogP contribution in [0.25, 0.3) is 5.69 Å². The van der Waals surface area contributed by atoms with Gasteiger partial charge in [0.25, 0.3) is 5.56 Å². The minimum Gasteiger partial charge on any atom is -0.490 e. The first kappa shape index (κ1) is 26.9. The SMILES string of the molecule is CCOc1cc(C=NNC(=O)C(=O)Nc2c(C)n(C)n(-c3ccccc3)c2=O)ccc1OCc1ccccc1. The van der Waals surface area contributed by atoms with Gasteiger partial charge in [0.1, 0.15) is 12.3 Å². The summed E-state index contributed by atoms with van der Waals surface area (Å²) >= 11 is 0. The highest BCUT2D eigenvalue weighted by Gasteiger charge is 2.21. The summed E-state index contributed by atoms with van der Waals surface area (Å²) < 4.78 is 14.6. The standard InChI is InChI=1S/C29H29N5O5/c1-4-38-25-17-22(15-16-24(25)39-19-21-11-7-5-8-12-21)18-30-32-28(36)27(35)31-26-20(2)33(3)34(29(26)37)23-13-9-6-10-14-23/h5-18H,4,19H2,1-3H3,(H,31,35)(H,32,36). The molecule has 200 valence electrons. The lowest BCUT2D eigenvalue weighted by molar-refractivity contribution is -0.136. The Morgan fingerprint density at radius 3 is 2.31 bits per heavy atom. The smallest absolute Gasteiger partial charge is 0.329 e. The highest BCUT2D eigenvalue weighted by molar-refractivity contribution is 6.39. The number of hydrogen-bond donors (Lipinski definition) is 2. The second-order valence-corrected chi connectivity index (χ2v) is 8.50. The van der Waals surface area contributed by atoms with Gasteiger partial charge in [-0.1, -0.05) is 48.5 Å². The Balaban J connectivity index is 1.40. The van der Waals surface area contributed by atoms with Gasteiger partial charge in [-0.3, -0.25) is 19.1 Å². The van der Waals surface area contributed by atoms with Crippen LogP contribution < -0.4 is 25.8 Å². The topological polar surface area (TPSA) is 116 Å². The van der Waals surface area contributed by atoms with Crippen LogP contribution in [0.1, 0.15) is 23.7 Å². The zero-order chi connectivity index (χ0) is 27.8. The number of hydrogen-bond acceptors (Lipinski definition) is 6. The maximum absolute atomic E-state index is 13.0. The number of carbonyl (C=O) groups is 2. The fourth-order valence-corrected chi connectivity index (χ4v) is 3.83. The first-order chi connectivity index (χ1) is 18.9. The molecule has 0 aliphatic carbocycles. The predicted octanol–water partition coefficient (Wildman–Crippen LogP) is 3.55. The molecule has 10 nitrogen and oxygen atoms in total. The van der Waals surface area contributed by atoms with Gasteiger partial charge in [-0.25, -0.2) is 10.1 Å². The van der Waals surface area contributed by atoms with Gasteiger partial charge >= 0.3 is 11.8 Å². The van der Waals surface area contributed by atoms with Gasteiger partial charge in [-0.15, -0.1) is 0 Å². The molecule has 0 unspecified atom stereocenters. The summed E-state index contributed by atoms with van der Waals surface area (Å²) in [4.78, 5) is 37.8. The zero-order valence-electron chi connectivity index (χ0n) is 21.9. The number of rotatable bonds is 9. The van der Waals surface area contributed by atoms with Crippen LogP contribution in [0.3, 0.4) is 0 Å². The summed E-state index contributed by atoms with van der Waals surface area (Å²) in [6.07, 6.45) is 1.38. The Kier molecular flexibility index (Phi) is 8.57. The van der Waals surface area contributed by atoms with E-state index in [0.29, 0.717) is 41.7 Å². The molecule has 39 heavy (non-hydrogen) atoms. The van der Waals surface area contributed by atoms with E-state index in [1.54, 1.807) is 61.1 Å². The number of benzene rings is 3. The van der Waals surface area contributed by atoms with Crippen LogP contribution in [0.15, 0.2) is 88.8 Å². The van der Waals surface area contributed by atoms with Crippen molar-refractivity contribution >= 4 is 23.7 Å². The molecule has 4 rings (SSSR count). The monoisotopic (exact) mass is 527 g/mol. The molecule has 0 fully saturated rings. The first-order valence-electron chi connectivity index (χ1n) is 12.3. The van der Waals surface area contributed by atoms with Crippen molar-refractivity contribution in [3.8, 4) is 17.2 Å². The molecular weight excluding hydrogens is 498 g/mol. The molecule has 2 N–H and O–H groups in total. The first-order valence-corrected chi connectivity index (χ1v) is 12.3. The molecule has 0 spiro atoms. The Bertz CT molecular complexity index is 1540. The molecule has 0 radical (unpaired) electrons. The van der Waals surface area contributed by atoms with Crippen molar-refractivity contribution in [2.45, 2.75) is 20.5 Å². The number of anilines is 1. The summed E-state index contributed by atoms with van der Waals surface area (Å²) in [5, 5.41) is 6.28. The van der Waals surface area contributed by atoms with Crippen molar-refractivity contribution in [1.82, 2.24) is 14.8 Å². The van der Waals surface area contributed by atoms with Crippen molar-refractivity contribution in [2.75, 3.05) is 11.9 Å². The molecule has 0 saturated heterocycles. The fourth-order valence-electron chi connectivity index (χ4n) is 3.83.